The van der Waals surface area contributed by atoms with E-state index in [1.54, 1.807) is 11.8 Å². The van der Waals surface area contributed by atoms with E-state index in [1.165, 1.54) is 0 Å². The molecule has 0 aliphatic carbocycles. The third kappa shape index (κ3) is 3.20. The predicted molar refractivity (Wildman–Crippen MR) is 114 cm³/mol. The summed E-state index contributed by atoms with van der Waals surface area (Å²) in [5, 5.41) is 4.48. The molecule has 30 heavy (non-hydrogen) atoms. The second kappa shape index (κ2) is 6.82. The van der Waals surface area contributed by atoms with E-state index >= 15 is 0 Å². The lowest BCUT2D eigenvalue weighted by atomic mass is 9.84. The number of carbonyl (C=O) groups excluding carboxylic acids is 1. The molecule has 4 rings (SSSR count). The van der Waals surface area contributed by atoms with Gasteiger partial charge in [0.2, 0.25) is 0 Å². The quantitative estimate of drug-likeness (QED) is 0.719. The highest BCUT2D eigenvalue weighted by Gasteiger charge is 2.52. The lowest BCUT2D eigenvalue weighted by Crippen LogP contribution is -2.46. The summed E-state index contributed by atoms with van der Waals surface area (Å²) in [4.78, 5) is 19.5. The maximum absolute atomic E-state index is 13.0. The zero-order valence-corrected chi connectivity index (χ0v) is 18.9. The molecule has 0 saturated carbocycles. The first-order chi connectivity index (χ1) is 13.9. The predicted octanol–water partition coefficient (Wildman–Crippen LogP) is 2.05. The summed E-state index contributed by atoms with van der Waals surface area (Å²) < 4.78 is 19.9. The molecule has 2 aliphatic heterocycles. The standard InChI is InChI=1S/C21H29BN4O4/c1-12-15(13(2)25(8)24-12)11-26-18-16(28-14(3)19(26)27)9-10-17(23-18)22-29-20(4,5)21(6,7)30-22/h9-10,14H,11H2,1-8H3. The van der Waals surface area contributed by atoms with Gasteiger partial charge in [-0.2, -0.15) is 5.10 Å². The number of hydrogen-bond acceptors (Lipinski definition) is 6. The van der Waals surface area contributed by atoms with Gasteiger partial charge < -0.3 is 14.0 Å². The molecule has 0 spiro atoms. The zero-order chi connectivity index (χ0) is 22.0. The van der Waals surface area contributed by atoms with Gasteiger partial charge in [0.25, 0.3) is 5.91 Å². The van der Waals surface area contributed by atoms with E-state index < -0.39 is 24.4 Å². The number of aromatic nitrogens is 3. The molecular weight excluding hydrogens is 383 g/mol. The molecule has 160 valence electrons. The summed E-state index contributed by atoms with van der Waals surface area (Å²) in [6, 6.07) is 3.67. The largest absolute Gasteiger partial charge is 0.514 e. The third-order valence-corrected chi connectivity index (χ3v) is 6.50. The highest BCUT2D eigenvalue weighted by molar-refractivity contribution is 6.61. The number of amides is 1. The molecule has 0 bridgehead atoms. The smallest absolute Gasteiger partial charge is 0.477 e. The second-order valence-corrected chi connectivity index (χ2v) is 9.10. The van der Waals surface area contributed by atoms with Crippen LogP contribution in [0.25, 0.3) is 0 Å². The van der Waals surface area contributed by atoms with E-state index in [9.17, 15) is 4.79 Å². The summed E-state index contributed by atoms with van der Waals surface area (Å²) in [6.07, 6.45) is -0.584. The van der Waals surface area contributed by atoms with Crippen molar-refractivity contribution in [2.24, 2.45) is 7.05 Å². The Balaban J connectivity index is 1.72. The van der Waals surface area contributed by atoms with Crippen molar-refractivity contribution in [3.63, 3.8) is 0 Å². The van der Waals surface area contributed by atoms with Gasteiger partial charge in [0.1, 0.15) is 0 Å². The fourth-order valence-electron chi connectivity index (χ4n) is 3.75. The van der Waals surface area contributed by atoms with Gasteiger partial charge in [-0.15, -0.1) is 0 Å². The van der Waals surface area contributed by atoms with Gasteiger partial charge >= 0.3 is 7.12 Å². The van der Waals surface area contributed by atoms with Crippen LogP contribution in [0.2, 0.25) is 0 Å². The lowest BCUT2D eigenvalue weighted by molar-refractivity contribution is -0.125. The monoisotopic (exact) mass is 412 g/mol. The molecule has 8 nitrogen and oxygen atoms in total. The maximum atomic E-state index is 13.0. The Morgan fingerprint density at radius 3 is 2.33 bits per heavy atom. The average molecular weight is 412 g/mol. The maximum Gasteiger partial charge on any atom is 0.514 e. The Morgan fingerprint density at radius 2 is 1.77 bits per heavy atom. The Morgan fingerprint density at radius 1 is 1.13 bits per heavy atom. The minimum absolute atomic E-state index is 0.135. The van der Waals surface area contributed by atoms with Gasteiger partial charge in [-0.1, -0.05) is 0 Å². The van der Waals surface area contributed by atoms with E-state index in [2.05, 4.69) is 5.10 Å². The van der Waals surface area contributed by atoms with Crippen molar-refractivity contribution in [3.05, 3.63) is 29.1 Å². The molecular formula is C21H29BN4O4. The molecule has 9 heteroatoms. The molecule has 0 radical (unpaired) electrons. The Hall–Kier alpha value is -2.39. The molecule has 1 fully saturated rings. The van der Waals surface area contributed by atoms with E-state index in [0.717, 1.165) is 17.0 Å². The van der Waals surface area contributed by atoms with Crippen LogP contribution in [0.15, 0.2) is 12.1 Å². The highest BCUT2D eigenvalue weighted by Crippen LogP contribution is 2.38. The zero-order valence-electron chi connectivity index (χ0n) is 18.9. The van der Waals surface area contributed by atoms with Crippen molar-refractivity contribution in [1.82, 2.24) is 14.8 Å². The summed E-state index contributed by atoms with van der Waals surface area (Å²) in [6.45, 7) is 14.1. The van der Waals surface area contributed by atoms with Crippen molar-refractivity contribution in [2.75, 3.05) is 4.90 Å². The number of aryl methyl sites for hydroxylation is 2. The number of carbonyl (C=O) groups is 1. The van der Waals surface area contributed by atoms with Crippen LogP contribution in [0.4, 0.5) is 5.82 Å². The molecule has 1 unspecified atom stereocenters. The van der Waals surface area contributed by atoms with E-state index in [-0.39, 0.29) is 5.91 Å². The summed E-state index contributed by atoms with van der Waals surface area (Å²) in [5.41, 5.74) is 2.59. The average Bonchev–Trinajstić information content (AvgIpc) is 3.02. The van der Waals surface area contributed by atoms with E-state index in [1.807, 2.05) is 65.4 Å². The molecule has 2 aromatic heterocycles. The number of fused-ring (bicyclic) bond motifs is 1. The fraction of sp³-hybridized carbons (Fsp3) is 0.571. The Labute approximate surface area is 177 Å². The number of nitrogens with zero attached hydrogens (tertiary/aromatic N) is 4. The van der Waals surface area contributed by atoms with Crippen molar-refractivity contribution < 1.29 is 18.8 Å². The minimum atomic E-state index is -0.613. The Kier molecular flexibility index (Phi) is 4.74. The van der Waals surface area contributed by atoms with Gasteiger partial charge in [0.05, 0.1) is 29.0 Å². The molecule has 1 amide bonds. The van der Waals surface area contributed by atoms with Crippen LogP contribution in [0, 0.1) is 13.8 Å². The normalized spacial score (nSPS) is 22.3. The van der Waals surface area contributed by atoms with Crippen molar-refractivity contribution >= 4 is 24.4 Å². The van der Waals surface area contributed by atoms with Gasteiger partial charge in [-0.3, -0.25) is 14.4 Å². The van der Waals surface area contributed by atoms with Crippen LogP contribution < -0.4 is 15.2 Å². The number of anilines is 1. The number of hydrogen-bond donors (Lipinski definition) is 0. The van der Waals surface area contributed by atoms with Crippen LogP contribution in [-0.4, -0.2) is 45.1 Å². The second-order valence-electron chi connectivity index (χ2n) is 9.10. The molecule has 2 aromatic rings. The van der Waals surface area contributed by atoms with Crippen LogP contribution in [0.5, 0.6) is 5.75 Å². The van der Waals surface area contributed by atoms with E-state index in [0.29, 0.717) is 23.7 Å². The number of rotatable bonds is 3. The first-order valence-electron chi connectivity index (χ1n) is 10.2. The highest BCUT2D eigenvalue weighted by atomic mass is 16.7. The molecule has 1 atom stereocenters. The van der Waals surface area contributed by atoms with Crippen LogP contribution in [0.3, 0.4) is 0 Å². The van der Waals surface area contributed by atoms with Crippen molar-refractivity contribution in [1.29, 1.82) is 0 Å². The van der Waals surface area contributed by atoms with Crippen molar-refractivity contribution in [3.8, 4) is 5.75 Å². The van der Waals surface area contributed by atoms with Gasteiger partial charge in [0, 0.05) is 18.3 Å². The minimum Gasteiger partial charge on any atom is -0.477 e. The molecule has 1 saturated heterocycles. The molecule has 0 aromatic carbocycles. The van der Waals surface area contributed by atoms with E-state index in [4.69, 9.17) is 19.0 Å². The first-order valence-corrected chi connectivity index (χ1v) is 10.2. The van der Waals surface area contributed by atoms with Crippen LogP contribution in [-0.2, 0) is 27.7 Å². The van der Waals surface area contributed by atoms with Gasteiger partial charge in [-0.25, -0.2) is 4.98 Å². The SMILES string of the molecule is Cc1nn(C)c(C)c1CN1C(=O)C(C)Oc2ccc(B3OC(C)(C)C(C)(C)O3)nc21. The van der Waals surface area contributed by atoms with Crippen LogP contribution >= 0.6 is 0 Å². The lowest BCUT2D eigenvalue weighted by Gasteiger charge is -2.32. The number of ether oxygens (including phenoxy) is 1. The summed E-state index contributed by atoms with van der Waals surface area (Å²) in [7, 11) is 1.29. The van der Waals surface area contributed by atoms with Gasteiger partial charge in [0.15, 0.2) is 17.7 Å². The Bertz CT molecular complexity index is 1000. The molecule has 2 aliphatic rings. The number of pyridine rings is 1. The molecule has 0 N–H and O–H groups in total. The molecule has 4 heterocycles. The van der Waals surface area contributed by atoms with Gasteiger partial charge in [-0.05, 0) is 60.6 Å². The fourth-order valence-corrected chi connectivity index (χ4v) is 3.75. The first kappa shape index (κ1) is 20.9. The van der Waals surface area contributed by atoms with Crippen molar-refractivity contribution in [2.45, 2.75) is 72.3 Å². The topological polar surface area (TPSA) is 78.7 Å². The van der Waals surface area contributed by atoms with Crippen LogP contribution in [0.1, 0.15) is 51.6 Å². The summed E-state index contributed by atoms with van der Waals surface area (Å²) in [5.74, 6) is 0.915. The third-order valence-electron chi connectivity index (χ3n) is 6.50. The summed E-state index contributed by atoms with van der Waals surface area (Å²) >= 11 is 0.